The van der Waals surface area contributed by atoms with E-state index in [1.54, 1.807) is 11.3 Å². The van der Waals surface area contributed by atoms with Gasteiger partial charge >= 0.3 is 0 Å². The Labute approximate surface area is 183 Å². The van der Waals surface area contributed by atoms with Crippen LogP contribution >= 0.6 is 11.3 Å². The second-order valence-electron chi connectivity index (χ2n) is 8.37. The molecule has 0 unspecified atom stereocenters. The first-order valence-electron chi connectivity index (χ1n) is 10.8. The first-order chi connectivity index (χ1) is 14.4. The lowest BCUT2D eigenvalue weighted by Crippen LogP contribution is -3.16. The van der Waals surface area contributed by atoms with E-state index in [0.717, 1.165) is 13.1 Å². The third-order valence-corrected chi connectivity index (χ3v) is 6.45. The molecule has 30 heavy (non-hydrogen) atoms. The van der Waals surface area contributed by atoms with Gasteiger partial charge in [-0.15, -0.1) is 11.3 Å². The first-order valence-corrected chi connectivity index (χ1v) is 11.6. The highest BCUT2D eigenvalue weighted by molar-refractivity contribution is 7.10. The zero-order chi connectivity index (χ0) is 21.5. The Bertz CT molecular complexity index is 812. The lowest BCUT2D eigenvalue weighted by molar-refractivity contribution is -0.896. The average Bonchev–Trinajstić information content (AvgIpc) is 3.23. The normalized spacial score (nSPS) is 15.9. The van der Waals surface area contributed by atoms with Crippen molar-refractivity contribution in [2.24, 2.45) is 0 Å². The maximum Gasteiger partial charge on any atom is 0.278 e. The lowest BCUT2D eigenvalue weighted by Gasteiger charge is -2.31. The third kappa shape index (κ3) is 6.39. The SMILES string of the molecule is Cc1ccc([C@H]([NH2+]CC(=O)N2CC[NH+](CC(=O)NC(C)C)CC2)c2cccs2)cc1. The molecule has 0 aliphatic carbocycles. The third-order valence-electron chi connectivity index (χ3n) is 5.50. The zero-order valence-corrected chi connectivity index (χ0v) is 19.0. The second-order valence-corrected chi connectivity index (χ2v) is 9.35. The van der Waals surface area contributed by atoms with Gasteiger partial charge in [-0.2, -0.15) is 0 Å². The van der Waals surface area contributed by atoms with E-state index in [-0.39, 0.29) is 23.9 Å². The molecular weight excluding hydrogens is 396 g/mol. The molecule has 1 fully saturated rings. The Hall–Kier alpha value is -2.22. The van der Waals surface area contributed by atoms with Gasteiger partial charge in [-0.3, -0.25) is 9.59 Å². The molecule has 1 aromatic heterocycles. The summed E-state index contributed by atoms with van der Waals surface area (Å²) in [6.45, 7) is 10.0. The molecule has 162 valence electrons. The molecule has 2 heterocycles. The van der Waals surface area contributed by atoms with Gasteiger partial charge in [0.05, 0.1) is 31.1 Å². The van der Waals surface area contributed by atoms with E-state index in [1.165, 1.54) is 20.9 Å². The van der Waals surface area contributed by atoms with Gasteiger partial charge in [0.25, 0.3) is 11.8 Å². The van der Waals surface area contributed by atoms with Crippen LogP contribution in [0.3, 0.4) is 0 Å². The minimum Gasteiger partial charge on any atom is -0.349 e. The van der Waals surface area contributed by atoms with Crippen molar-refractivity contribution >= 4 is 23.2 Å². The van der Waals surface area contributed by atoms with Crippen molar-refractivity contribution in [3.63, 3.8) is 0 Å². The maximum absolute atomic E-state index is 12.8. The molecule has 0 bridgehead atoms. The first kappa shape index (κ1) is 22.5. The number of hydrogen-bond acceptors (Lipinski definition) is 3. The number of carbonyl (C=O) groups excluding carboxylic acids is 2. The molecule has 1 aliphatic heterocycles. The average molecular weight is 431 g/mol. The van der Waals surface area contributed by atoms with E-state index >= 15 is 0 Å². The van der Waals surface area contributed by atoms with Crippen molar-refractivity contribution < 1.29 is 19.8 Å². The summed E-state index contributed by atoms with van der Waals surface area (Å²) in [6.07, 6.45) is 0. The van der Waals surface area contributed by atoms with Gasteiger partial charge in [0, 0.05) is 11.6 Å². The van der Waals surface area contributed by atoms with Crippen molar-refractivity contribution in [2.75, 3.05) is 39.3 Å². The highest BCUT2D eigenvalue weighted by atomic mass is 32.1. The molecule has 0 radical (unpaired) electrons. The number of rotatable bonds is 8. The van der Waals surface area contributed by atoms with E-state index in [0.29, 0.717) is 26.2 Å². The number of amides is 2. The summed E-state index contributed by atoms with van der Waals surface area (Å²) in [4.78, 5) is 29.3. The summed E-state index contributed by atoms with van der Waals surface area (Å²) in [7, 11) is 0. The summed E-state index contributed by atoms with van der Waals surface area (Å²) in [5, 5.41) is 7.18. The van der Waals surface area contributed by atoms with Crippen LogP contribution in [0.2, 0.25) is 0 Å². The van der Waals surface area contributed by atoms with Crippen LogP contribution in [0, 0.1) is 6.92 Å². The molecule has 0 spiro atoms. The van der Waals surface area contributed by atoms with Gasteiger partial charge in [0.15, 0.2) is 13.1 Å². The standard InChI is InChI=1S/C23H32N4O2S/c1-17(2)25-21(28)16-26-10-12-27(13-11-26)22(29)15-24-23(20-5-4-14-30-20)19-8-6-18(3)7-9-19/h4-9,14,17,23-24H,10-13,15-16H2,1-3H3,(H,25,28)/p+2/t23-/m0/s1. The van der Waals surface area contributed by atoms with Crippen LogP contribution in [0.1, 0.15) is 35.9 Å². The fourth-order valence-corrected chi connectivity index (χ4v) is 4.71. The summed E-state index contributed by atoms with van der Waals surface area (Å²) in [5.41, 5.74) is 2.46. The van der Waals surface area contributed by atoms with Gasteiger partial charge < -0.3 is 20.4 Å². The monoisotopic (exact) mass is 430 g/mol. The number of piperazine rings is 1. The molecule has 7 heteroatoms. The number of nitrogens with one attached hydrogen (secondary N) is 2. The number of quaternary nitrogens is 2. The van der Waals surface area contributed by atoms with E-state index in [9.17, 15) is 9.59 Å². The molecule has 2 amide bonds. The molecule has 1 atom stereocenters. The minimum absolute atomic E-state index is 0.0880. The molecule has 0 saturated carbocycles. The number of aryl methyl sites for hydroxylation is 1. The predicted molar refractivity (Wildman–Crippen MR) is 120 cm³/mol. The molecule has 4 N–H and O–H groups in total. The molecule has 2 aromatic rings. The molecule has 1 aromatic carbocycles. The topological polar surface area (TPSA) is 70.5 Å². The largest absolute Gasteiger partial charge is 0.349 e. The molecule has 3 rings (SSSR count). The summed E-state index contributed by atoms with van der Waals surface area (Å²) < 4.78 is 0. The van der Waals surface area contributed by atoms with Gasteiger partial charge in [0.2, 0.25) is 0 Å². The number of nitrogens with zero attached hydrogens (tertiary/aromatic N) is 1. The summed E-state index contributed by atoms with van der Waals surface area (Å²) in [5.74, 6) is 0.263. The number of benzene rings is 1. The van der Waals surface area contributed by atoms with Crippen LogP contribution in [0.5, 0.6) is 0 Å². The number of carbonyl (C=O) groups is 2. The van der Waals surface area contributed by atoms with Crippen LogP contribution < -0.4 is 15.5 Å². The van der Waals surface area contributed by atoms with E-state index < -0.39 is 0 Å². The highest BCUT2D eigenvalue weighted by Crippen LogP contribution is 2.22. The van der Waals surface area contributed by atoms with Crippen molar-refractivity contribution in [2.45, 2.75) is 32.9 Å². The van der Waals surface area contributed by atoms with Crippen molar-refractivity contribution in [3.8, 4) is 0 Å². The Morgan fingerprint density at radius 3 is 2.47 bits per heavy atom. The Balaban J connectivity index is 1.51. The Morgan fingerprint density at radius 2 is 1.87 bits per heavy atom. The number of hydrogen-bond donors (Lipinski definition) is 3. The van der Waals surface area contributed by atoms with E-state index in [2.05, 4.69) is 59.3 Å². The smallest absolute Gasteiger partial charge is 0.278 e. The Morgan fingerprint density at radius 1 is 1.17 bits per heavy atom. The van der Waals surface area contributed by atoms with E-state index in [1.807, 2.05) is 18.7 Å². The van der Waals surface area contributed by atoms with Crippen LogP contribution in [-0.2, 0) is 9.59 Å². The van der Waals surface area contributed by atoms with Crippen LogP contribution in [0.25, 0.3) is 0 Å². The maximum atomic E-state index is 12.8. The van der Waals surface area contributed by atoms with Crippen molar-refractivity contribution in [1.29, 1.82) is 0 Å². The fourth-order valence-electron chi connectivity index (χ4n) is 3.86. The number of nitrogens with two attached hydrogens (primary N) is 1. The van der Waals surface area contributed by atoms with Gasteiger partial charge in [-0.05, 0) is 32.2 Å². The summed E-state index contributed by atoms with van der Waals surface area (Å²) >= 11 is 1.73. The molecule has 1 saturated heterocycles. The van der Waals surface area contributed by atoms with Crippen molar-refractivity contribution in [1.82, 2.24) is 10.2 Å². The zero-order valence-electron chi connectivity index (χ0n) is 18.2. The van der Waals surface area contributed by atoms with Crippen LogP contribution in [0.15, 0.2) is 41.8 Å². The fraction of sp³-hybridized carbons (Fsp3) is 0.478. The molecular formula is C23H34N4O2S+2. The highest BCUT2D eigenvalue weighted by Gasteiger charge is 2.27. The number of thiophene rings is 1. The molecule has 1 aliphatic rings. The van der Waals surface area contributed by atoms with Gasteiger partial charge in [-0.25, -0.2) is 0 Å². The lowest BCUT2D eigenvalue weighted by atomic mass is 10.0. The van der Waals surface area contributed by atoms with E-state index in [4.69, 9.17) is 0 Å². The second kappa shape index (κ2) is 10.7. The predicted octanol–water partition coefficient (Wildman–Crippen LogP) is -0.0390. The quantitative estimate of drug-likeness (QED) is 0.550. The van der Waals surface area contributed by atoms with Gasteiger partial charge in [0.1, 0.15) is 6.04 Å². The Kier molecular flexibility index (Phi) is 8.01. The van der Waals surface area contributed by atoms with Gasteiger partial charge in [-0.1, -0.05) is 35.9 Å². The summed E-state index contributed by atoms with van der Waals surface area (Å²) in [6, 6.07) is 13.1. The minimum atomic E-state index is 0.0880. The van der Waals surface area contributed by atoms with Crippen molar-refractivity contribution in [3.05, 3.63) is 57.8 Å². The van der Waals surface area contributed by atoms with Crippen LogP contribution in [0.4, 0.5) is 0 Å². The van der Waals surface area contributed by atoms with Crippen LogP contribution in [-0.4, -0.2) is 62.0 Å². The molecule has 6 nitrogen and oxygen atoms in total.